The van der Waals surface area contributed by atoms with Crippen LogP contribution in [0.2, 0.25) is 0 Å². The maximum atomic E-state index is 14.1. The molecule has 1 amide bonds. The van der Waals surface area contributed by atoms with Gasteiger partial charge in [0, 0.05) is 18.8 Å². The van der Waals surface area contributed by atoms with Gasteiger partial charge in [0.2, 0.25) is 0 Å². The van der Waals surface area contributed by atoms with Gasteiger partial charge in [-0.2, -0.15) is 18.3 Å². The summed E-state index contributed by atoms with van der Waals surface area (Å²) in [5.74, 6) is -1.74. The molecule has 3 aromatic rings. The van der Waals surface area contributed by atoms with Gasteiger partial charge in [0.1, 0.15) is 15.8 Å². The van der Waals surface area contributed by atoms with Gasteiger partial charge in [-0.3, -0.25) is 9.48 Å². The van der Waals surface area contributed by atoms with Crippen LogP contribution in [0.4, 0.5) is 28.3 Å². The molecule has 0 aliphatic rings. The minimum Gasteiger partial charge on any atom is -0.389 e. The van der Waals surface area contributed by atoms with Crippen molar-refractivity contribution in [3.8, 4) is 10.6 Å². The average molecular weight is 385 g/mol. The van der Waals surface area contributed by atoms with E-state index in [0.29, 0.717) is 11.8 Å². The van der Waals surface area contributed by atoms with Crippen LogP contribution in [0.15, 0.2) is 30.6 Å². The highest BCUT2D eigenvalue weighted by Crippen LogP contribution is 2.35. The maximum absolute atomic E-state index is 14.1. The molecule has 136 valence electrons. The molecule has 0 radical (unpaired) electrons. The number of anilines is 2. The summed E-state index contributed by atoms with van der Waals surface area (Å²) >= 11 is 0.803. The number of aromatic nitrogens is 3. The van der Waals surface area contributed by atoms with Crippen LogP contribution >= 0.6 is 11.3 Å². The predicted octanol–water partition coefficient (Wildman–Crippen LogP) is 3.54. The maximum Gasteiger partial charge on any atom is 0.416 e. The van der Waals surface area contributed by atoms with E-state index in [1.165, 1.54) is 10.9 Å². The number of amides is 1. The molecule has 0 saturated heterocycles. The van der Waals surface area contributed by atoms with Crippen LogP contribution in [0.3, 0.4) is 0 Å². The molecule has 3 N–H and O–H groups in total. The molecule has 0 fully saturated rings. The van der Waals surface area contributed by atoms with E-state index in [1.54, 1.807) is 13.2 Å². The van der Waals surface area contributed by atoms with Crippen LogP contribution in [0.1, 0.15) is 16.1 Å². The van der Waals surface area contributed by atoms with Crippen LogP contribution in [-0.2, 0) is 13.2 Å². The first kappa shape index (κ1) is 17.9. The molecule has 0 spiro atoms. The smallest absolute Gasteiger partial charge is 0.389 e. The van der Waals surface area contributed by atoms with Gasteiger partial charge < -0.3 is 11.1 Å². The second-order valence-corrected chi connectivity index (χ2v) is 6.31. The Balaban J connectivity index is 1.89. The van der Waals surface area contributed by atoms with Gasteiger partial charge in [0.05, 0.1) is 17.4 Å². The number of aryl methyl sites for hydroxylation is 1. The van der Waals surface area contributed by atoms with Crippen molar-refractivity contribution in [1.82, 2.24) is 14.8 Å². The highest BCUT2D eigenvalue weighted by molar-refractivity contribution is 7.19. The first-order chi connectivity index (χ1) is 12.1. The molecule has 6 nitrogen and oxygen atoms in total. The van der Waals surface area contributed by atoms with Crippen molar-refractivity contribution in [3.63, 3.8) is 0 Å². The Hall–Kier alpha value is -2.95. The van der Waals surface area contributed by atoms with Crippen LogP contribution in [0, 0.1) is 5.82 Å². The number of carbonyl (C=O) groups excluding carboxylic acids is 1. The molecule has 0 bridgehead atoms. The van der Waals surface area contributed by atoms with E-state index in [4.69, 9.17) is 5.73 Å². The lowest BCUT2D eigenvalue weighted by Crippen LogP contribution is -2.13. The number of nitrogen functional groups attached to an aromatic ring is 1. The molecule has 0 unspecified atom stereocenters. The van der Waals surface area contributed by atoms with Crippen LogP contribution in [0.5, 0.6) is 0 Å². The van der Waals surface area contributed by atoms with Gasteiger partial charge in [-0.25, -0.2) is 9.37 Å². The predicted molar refractivity (Wildman–Crippen MR) is 88.1 cm³/mol. The fourth-order valence-corrected chi connectivity index (χ4v) is 3.01. The van der Waals surface area contributed by atoms with E-state index < -0.39 is 23.5 Å². The highest BCUT2D eigenvalue weighted by Gasteiger charge is 2.31. The summed E-state index contributed by atoms with van der Waals surface area (Å²) in [6.45, 7) is 0. The number of halogens is 4. The second-order valence-electron chi connectivity index (χ2n) is 5.28. The molecule has 11 heteroatoms. The number of hydrogen-bond donors (Lipinski definition) is 2. The number of nitrogens with one attached hydrogen (secondary N) is 1. The number of benzene rings is 1. The molecule has 2 heterocycles. The summed E-state index contributed by atoms with van der Waals surface area (Å²) in [5.41, 5.74) is 4.74. The number of hydrogen-bond acceptors (Lipinski definition) is 5. The Morgan fingerprint density at radius 1 is 1.35 bits per heavy atom. The van der Waals surface area contributed by atoms with E-state index in [2.05, 4.69) is 15.4 Å². The van der Waals surface area contributed by atoms with E-state index in [-0.39, 0.29) is 21.3 Å². The third kappa shape index (κ3) is 3.52. The lowest BCUT2D eigenvalue weighted by Gasteiger charge is -2.07. The van der Waals surface area contributed by atoms with Crippen molar-refractivity contribution in [2.45, 2.75) is 6.18 Å². The number of nitrogens with two attached hydrogens (primary N) is 1. The van der Waals surface area contributed by atoms with Crippen molar-refractivity contribution in [2.75, 3.05) is 11.1 Å². The first-order valence-corrected chi connectivity index (χ1v) is 7.90. The lowest BCUT2D eigenvalue weighted by molar-refractivity contribution is -0.137. The lowest BCUT2D eigenvalue weighted by atomic mass is 10.1. The summed E-state index contributed by atoms with van der Waals surface area (Å²) in [6.07, 6.45) is -1.69. The van der Waals surface area contributed by atoms with Gasteiger partial charge in [0.25, 0.3) is 5.91 Å². The van der Waals surface area contributed by atoms with Gasteiger partial charge in [0.15, 0.2) is 5.69 Å². The van der Waals surface area contributed by atoms with Crippen molar-refractivity contribution >= 4 is 27.9 Å². The fourth-order valence-electron chi connectivity index (χ4n) is 2.15. The molecule has 1 aromatic carbocycles. The fraction of sp³-hybridized carbons (Fsp3) is 0.133. The molecular formula is C15H11F4N5OS. The molecule has 0 aliphatic heterocycles. The number of alkyl halides is 3. The van der Waals surface area contributed by atoms with Crippen LogP contribution in [0.25, 0.3) is 10.6 Å². The largest absolute Gasteiger partial charge is 0.416 e. The van der Waals surface area contributed by atoms with Crippen molar-refractivity contribution < 1.29 is 22.4 Å². The Labute approximate surface area is 148 Å². The molecule has 0 atom stereocenters. The first-order valence-electron chi connectivity index (χ1n) is 7.08. The van der Waals surface area contributed by atoms with Crippen LogP contribution < -0.4 is 11.1 Å². The summed E-state index contributed by atoms with van der Waals surface area (Å²) in [7, 11) is 1.67. The summed E-state index contributed by atoms with van der Waals surface area (Å²) in [5, 5.41) is 6.44. The SMILES string of the molecule is Cn1cc(NC(=O)c2nc(-c3ccc(C(F)(F)F)cc3F)sc2N)cn1. The van der Waals surface area contributed by atoms with Crippen molar-refractivity contribution in [1.29, 1.82) is 0 Å². The summed E-state index contributed by atoms with van der Waals surface area (Å²) in [6, 6.07) is 2.08. The molecule has 2 aromatic heterocycles. The number of thiazole rings is 1. The van der Waals surface area contributed by atoms with E-state index in [1.807, 2.05) is 0 Å². The monoisotopic (exact) mass is 385 g/mol. The molecule has 0 saturated carbocycles. The van der Waals surface area contributed by atoms with Gasteiger partial charge in [-0.15, -0.1) is 0 Å². The highest BCUT2D eigenvalue weighted by atomic mass is 32.1. The van der Waals surface area contributed by atoms with Gasteiger partial charge in [-0.1, -0.05) is 11.3 Å². The standard InChI is InChI=1S/C15H11F4N5OS/c1-24-6-8(5-21-24)22-13(25)11-12(20)26-14(23-11)9-3-2-7(4-10(9)16)15(17,18)19/h2-6H,20H2,1H3,(H,22,25). The number of carbonyl (C=O) groups is 1. The molecular weight excluding hydrogens is 374 g/mol. The zero-order valence-corrected chi connectivity index (χ0v) is 14.0. The van der Waals surface area contributed by atoms with Crippen molar-refractivity contribution in [3.05, 3.63) is 47.7 Å². The quantitative estimate of drug-likeness (QED) is 0.676. The minimum absolute atomic E-state index is 0.00469. The third-order valence-electron chi connectivity index (χ3n) is 3.36. The zero-order valence-electron chi connectivity index (χ0n) is 13.1. The minimum atomic E-state index is -4.66. The molecule has 3 rings (SSSR count). The topological polar surface area (TPSA) is 85.8 Å². The zero-order chi connectivity index (χ0) is 19.1. The van der Waals surface area contributed by atoms with Gasteiger partial charge in [-0.05, 0) is 18.2 Å². The Kier molecular flexibility index (Phi) is 4.40. The van der Waals surface area contributed by atoms with E-state index in [9.17, 15) is 22.4 Å². The molecule has 26 heavy (non-hydrogen) atoms. The van der Waals surface area contributed by atoms with E-state index >= 15 is 0 Å². The summed E-state index contributed by atoms with van der Waals surface area (Å²) < 4.78 is 53.4. The Bertz CT molecular complexity index is 979. The second kappa shape index (κ2) is 6.41. The normalized spacial score (nSPS) is 11.6. The summed E-state index contributed by atoms with van der Waals surface area (Å²) in [4.78, 5) is 16.2. The Morgan fingerprint density at radius 3 is 2.65 bits per heavy atom. The average Bonchev–Trinajstić information content (AvgIpc) is 3.12. The van der Waals surface area contributed by atoms with Crippen LogP contribution in [-0.4, -0.2) is 20.7 Å². The molecule has 0 aliphatic carbocycles. The van der Waals surface area contributed by atoms with Gasteiger partial charge >= 0.3 is 6.18 Å². The Morgan fingerprint density at radius 2 is 2.08 bits per heavy atom. The number of rotatable bonds is 3. The third-order valence-corrected chi connectivity index (χ3v) is 4.28. The van der Waals surface area contributed by atoms with E-state index in [0.717, 1.165) is 23.5 Å². The number of nitrogens with zero attached hydrogens (tertiary/aromatic N) is 3. The van der Waals surface area contributed by atoms with Crippen molar-refractivity contribution in [2.24, 2.45) is 7.05 Å².